The molecule has 0 spiro atoms. The number of halogens is 2. The van der Waals surface area contributed by atoms with E-state index in [-0.39, 0.29) is 21.5 Å². The van der Waals surface area contributed by atoms with Gasteiger partial charge in [0.25, 0.3) is 0 Å². The summed E-state index contributed by atoms with van der Waals surface area (Å²) in [7, 11) is 0. The number of esters is 1. The first-order chi connectivity index (χ1) is 16.4. The van der Waals surface area contributed by atoms with Gasteiger partial charge in [0.1, 0.15) is 0 Å². The van der Waals surface area contributed by atoms with Crippen LogP contribution in [-0.2, 0) is 9.59 Å². The van der Waals surface area contributed by atoms with E-state index in [2.05, 4.69) is 15.8 Å². The Bertz CT molecular complexity index is 1230. The molecule has 0 aliphatic rings. The van der Waals surface area contributed by atoms with E-state index in [4.69, 9.17) is 32.7 Å². The highest BCUT2D eigenvalue weighted by Crippen LogP contribution is 2.30. The number of rotatable bonds is 7. The van der Waals surface area contributed by atoms with E-state index < -0.39 is 17.8 Å². The lowest BCUT2D eigenvalue weighted by atomic mass is 10.2. The number of carbonyl (C=O) groups excluding carboxylic acids is 3. The van der Waals surface area contributed by atoms with E-state index in [0.29, 0.717) is 23.5 Å². The molecular weight excluding hydrogens is 481 g/mol. The monoisotopic (exact) mass is 499 g/mol. The van der Waals surface area contributed by atoms with Gasteiger partial charge in [-0.15, -0.1) is 0 Å². The third-order valence-electron chi connectivity index (χ3n) is 4.27. The molecule has 0 aliphatic heterocycles. The van der Waals surface area contributed by atoms with Crippen LogP contribution in [0.25, 0.3) is 0 Å². The zero-order valence-corrected chi connectivity index (χ0v) is 19.4. The number of hydrogen-bond donors (Lipinski definition) is 2. The van der Waals surface area contributed by atoms with Crippen molar-refractivity contribution in [3.63, 3.8) is 0 Å². The first-order valence-electron chi connectivity index (χ1n) is 10.0. The molecule has 174 valence electrons. The van der Waals surface area contributed by atoms with Gasteiger partial charge in [0.2, 0.25) is 0 Å². The molecule has 3 aromatic carbocycles. The highest BCUT2D eigenvalue weighted by atomic mass is 35.5. The zero-order valence-electron chi connectivity index (χ0n) is 17.9. The molecule has 0 radical (unpaired) electrons. The summed E-state index contributed by atoms with van der Waals surface area (Å²) < 4.78 is 11.0. The number of carbonyl (C=O) groups is 3. The first kappa shape index (κ1) is 24.8. The summed E-state index contributed by atoms with van der Waals surface area (Å²) in [5.74, 6) is -1.96. The topological polar surface area (TPSA) is 106 Å². The number of ether oxygens (including phenoxy) is 2. The van der Waals surface area contributed by atoms with E-state index in [1.807, 2.05) is 0 Å². The number of hydrogen-bond acceptors (Lipinski definition) is 6. The number of hydrazone groups is 1. The van der Waals surface area contributed by atoms with Crippen LogP contribution in [0.1, 0.15) is 22.8 Å². The maximum Gasteiger partial charge on any atom is 0.343 e. The first-order valence-corrected chi connectivity index (χ1v) is 10.8. The van der Waals surface area contributed by atoms with Crippen molar-refractivity contribution >= 4 is 52.9 Å². The van der Waals surface area contributed by atoms with Crippen LogP contribution in [0.4, 0.5) is 5.69 Å². The van der Waals surface area contributed by atoms with Crippen molar-refractivity contribution < 1.29 is 23.9 Å². The summed E-state index contributed by atoms with van der Waals surface area (Å²) in [6.45, 7) is 2.12. The van der Waals surface area contributed by atoms with Gasteiger partial charge >= 0.3 is 17.8 Å². The van der Waals surface area contributed by atoms with Crippen LogP contribution in [0.3, 0.4) is 0 Å². The highest BCUT2D eigenvalue weighted by molar-refractivity contribution is 6.45. The summed E-state index contributed by atoms with van der Waals surface area (Å²) in [4.78, 5) is 36.4. The van der Waals surface area contributed by atoms with E-state index in [1.165, 1.54) is 12.3 Å². The second-order valence-electron chi connectivity index (χ2n) is 6.65. The minimum absolute atomic E-state index is 0.116. The minimum Gasteiger partial charge on any atom is -0.490 e. The Morgan fingerprint density at radius 2 is 1.71 bits per heavy atom. The van der Waals surface area contributed by atoms with Crippen LogP contribution >= 0.6 is 23.2 Å². The average Bonchev–Trinajstić information content (AvgIpc) is 2.84. The molecule has 0 atom stereocenters. The molecular formula is C24H19Cl2N3O5. The molecule has 0 saturated heterocycles. The summed E-state index contributed by atoms with van der Waals surface area (Å²) in [5, 5.41) is 6.48. The van der Waals surface area contributed by atoms with Crippen LogP contribution in [0, 0.1) is 0 Å². The van der Waals surface area contributed by atoms with Crippen LogP contribution in [-0.4, -0.2) is 30.6 Å². The molecule has 34 heavy (non-hydrogen) atoms. The number of nitrogens with one attached hydrogen (secondary N) is 2. The molecule has 3 aromatic rings. The highest BCUT2D eigenvalue weighted by Gasteiger charge is 2.16. The van der Waals surface area contributed by atoms with Crippen LogP contribution < -0.4 is 20.2 Å². The van der Waals surface area contributed by atoms with Crippen LogP contribution in [0.5, 0.6) is 11.5 Å². The third kappa shape index (κ3) is 6.57. The van der Waals surface area contributed by atoms with Crippen molar-refractivity contribution in [2.75, 3.05) is 11.9 Å². The van der Waals surface area contributed by atoms with E-state index in [1.54, 1.807) is 67.6 Å². The van der Waals surface area contributed by atoms with E-state index in [0.717, 1.165) is 0 Å². The lowest BCUT2D eigenvalue weighted by Gasteiger charge is -2.11. The maximum atomic E-state index is 12.3. The molecule has 0 saturated carbocycles. The molecule has 8 nitrogen and oxygen atoms in total. The summed E-state index contributed by atoms with van der Waals surface area (Å²) in [5.41, 5.74) is 3.24. The van der Waals surface area contributed by atoms with Gasteiger partial charge in [0.05, 0.1) is 34.1 Å². The van der Waals surface area contributed by atoms with Crippen molar-refractivity contribution in [2.45, 2.75) is 6.92 Å². The van der Waals surface area contributed by atoms with Crippen molar-refractivity contribution in [1.82, 2.24) is 5.43 Å². The van der Waals surface area contributed by atoms with Crippen molar-refractivity contribution in [3.05, 3.63) is 87.9 Å². The fourth-order valence-corrected chi connectivity index (χ4v) is 3.03. The number of anilines is 1. The Balaban J connectivity index is 1.64. The molecule has 2 N–H and O–H groups in total. The standard InChI is InChI=1S/C24H19Cl2N3O5/c1-2-33-20-13-15(11-12-19(20)34-24(32)16-7-4-3-5-8-16)14-27-29-23(31)22(30)28-18-10-6-9-17(25)21(18)26/h3-14H,2H2,1H3,(H,28,30)(H,29,31)/b27-14-. The smallest absolute Gasteiger partial charge is 0.343 e. The predicted molar refractivity (Wildman–Crippen MR) is 130 cm³/mol. The lowest BCUT2D eigenvalue weighted by Crippen LogP contribution is -2.32. The van der Waals surface area contributed by atoms with Gasteiger partial charge in [0, 0.05) is 0 Å². The maximum absolute atomic E-state index is 12.3. The van der Waals surface area contributed by atoms with Gasteiger partial charge in [-0.25, -0.2) is 10.2 Å². The van der Waals surface area contributed by atoms with Gasteiger partial charge in [-0.3, -0.25) is 9.59 Å². The second kappa shape index (κ2) is 11.8. The molecule has 0 heterocycles. The lowest BCUT2D eigenvalue weighted by molar-refractivity contribution is -0.136. The van der Waals surface area contributed by atoms with Crippen molar-refractivity contribution in [3.8, 4) is 11.5 Å². The average molecular weight is 500 g/mol. The Labute approximate surface area is 205 Å². The van der Waals surface area contributed by atoms with Gasteiger partial charge in [-0.2, -0.15) is 5.10 Å². The van der Waals surface area contributed by atoms with Crippen LogP contribution in [0.15, 0.2) is 71.8 Å². The quantitative estimate of drug-likeness (QED) is 0.161. The molecule has 0 fully saturated rings. The summed E-state index contributed by atoms with van der Waals surface area (Å²) in [6.07, 6.45) is 1.31. The van der Waals surface area contributed by atoms with Crippen molar-refractivity contribution in [2.24, 2.45) is 5.10 Å². The fourth-order valence-electron chi connectivity index (χ4n) is 2.69. The summed E-state index contributed by atoms with van der Waals surface area (Å²) in [6, 6.07) is 17.9. The number of nitrogens with zero attached hydrogens (tertiary/aromatic N) is 1. The molecule has 0 bridgehead atoms. The normalized spacial score (nSPS) is 10.6. The Morgan fingerprint density at radius 1 is 0.941 bits per heavy atom. The second-order valence-corrected chi connectivity index (χ2v) is 7.43. The van der Waals surface area contributed by atoms with Gasteiger partial charge < -0.3 is 14.8 Å². The van der Waals surface area contributed by atoms with Gasteiger partial charge in [-0.05, 0) is 55.0 Å². The molecule has 2 amide bonds. The molecule has 0 unspecified atom stereocenters. The minimum atomic E-state index is -1.01. The number of amides is 2. The van der Waals surface area contributed by atoms with Crippen LogP contribution in [0.2, 0.25) is 10.0 Å². The van der Waals surface area contributed by atoms with E-state index in [9.17, 15) is 14.4 Å². The number of benzene rings is 3. The Morgan fingerprint density at radius 3 is 2.44 bits per heavy atom. The molecule has 10 heteroatoms. The Kier molecular flexibility index (Phi) is 8.61. The molecule has 0 aliphatic carbocycles. The largest absolute Gasteiger partial charge is 0.490 e. The summed E-state index contributed by atoms with van der Waals surface area (Å²) >= 11 is 11.9. The fraction of sp³-hybridized carbons (Fsp3) is 0.0833. The van der Waals surface area contributed by atoms with Gasteiger partial charge in [-0.1, -0.05) is 47.5 Å². The molecule has 0 aromatic heterocycles. The van der Waals surface area contributed by atoms with Crippen molar-refractivity contribution in [1.29, 1.82) is 0 Å². The SMILES string of the molecule is CCOc1cc(/C=N\NC(=O)C(=O)Nc2cccc(Cl)c2Cl)ccc1OC(=O)c1ccccc1. The Hall–Kier alpha value is -3.88. The predicted octanol–water partition coefficient (Wildman–Crippen LogP) is 4.70. The zero-order chi connectivity index (χ0) is 24.5. The van der Waals surface area contributed by atoms with Gasteiger partial charge in [0.15, 0.2) is 11.5 Å². The van der Waals surface area contributed by atoms with E-state index >= 15 is 0 Å². The molecule has 3 rings (SSSR count). The third-order valence-corrected chi connectivity index (χ3v) is 5.08.